The molecule has 106 valence electrons. The number of hydrogen-bond acceptors (Lipinski definition) is 3. The molecule has 0 unspecified atom stereocenters. The van der Waals surface area contributed by atoms with E-state index in [0.29, 0.717) is 18.3 Å². The summed E-state index contributed by atoms with van der Waals surface area (Å²) in [4.78, 5) is 4.16. The summed E-state index contributed by atoms with van der Waals surface area (Å²) in [5.41, 5.74) is 1.59. The van der Waals surface area contributed by atoms with Gasteiger partial charge in [-0.25, -0.2) is 4.39 Å². The molecule has 1 N–H and O–H groups in total. The van der Waals surface area contributed by atoms with Gasteiger partial charge in [-0.3, -0.25) is 4.98 Å². The zero-order valence-corrected chi connectivity index (χ0v) is 11.8. The van der Waals surface area contributed by atoms with Crippen LogP contribution in [-0.4, -0.2) is 11.0 Å². The van der Waals surface area contributed by atoms with Crippen LogP contribution in [0.2, 0.25) is 0 Å². The number of nitrogens with zero attached hydrogens (tertiary/aromatic N) is 1. The van der Waals surface area contributed by atoms with Crippen LogP contribution in [0.1, 0.15) is 25.1 Å². The van der Waals surface area contributed by atoms with E-state index in [1.54, 1.807) is 12.3 Å². The van der Waals surface area contributed by atoms with Gasteiger partial charge in [0.25, 0.3) is 0 Å². The third-order valence-corrected chi connectivity index (χ3v) is 2.84. The third kappa shape index (κ3) is 4.03. The Kier molecular flexibility index (Phi) is 5.07. The maximum absolute atomic E-state index is 13.9. The molecule has 0 fully saturated rings. The number of para-hydroxylation sites is 1. The van der Waals surface area contributed by atoms with Crippen molar-refractivity contribution in [3.63, 3.8) is 0 Å². The van der Waals surface area contributed by atoms with E-state index in [1.165, 1.54) is 6.07 Å². The van der Waals surface area contributed by atoms with E-state index in [1.807, 2.05) is 38.1 Å². The summed E-state index contributed by atoms with van der Waals surface area (Å²) >= 11 is 0. The predicted molar refractivity (Wildman–Crippen MR) is 76.9 cm³/mol. The van der Waals surface area contributed by atoms with Crippen molar-refractivity contribution in [3.8, 4) is 5.75 Å². The first-order valence-corrected chi connectivity index (χ1v) is 6.70. The highest BCUT2D eigenvalue weighted by atomic mass is 19.1. The van der Waals surface area contributed by atoms with Gasteiger partial charge in [-0.2, -0.15) is 0 Å². The molecule has 0 saturated carbocycles. The first kappa shape index (κ1) is 14.5. The molecule has 2 aromatic rings. The van der Waals surface area contributed by atoms with Gasteiger partial charge in [-0.05, 0) is 18.2 Å². The minimum Gasteiger partial charge on any atom is -0.484 e. The lowest BCUT2D eigenvalue weighted by Gasteiger charge is -2.14. The summed E-state index contributed by atoms with van der Waals surface area (Å²) in [6.45, 7) is 4.94. The molecule has 2 rings (SSSR count). The fraction of sp³-hybridized carbons (Fsp3) is 0.312. The van der Waals surface area contributed by atoms with Crippen molar-refractivity contribution in [2.75, 3.05) is 0 Å². The van der Waals surface area contributed by atoms with Gasteiger partial charge in [-0.15, -0.1) is 0 Å². The Morgan fingerprint density at radius 2 is 2.05 bits per heavy atom. The Morgan fingerprint density at radius 1 is 1.20 bits per heavy atom. The minimum atomic E-state index is -0.344. The lowest BCUT2D eigenvalue weighted by atomic mass is 10.2. The number of hydrogen-bond donors (Lipinski definition) is 1. The summed E-state index contributed by atoms with van der Waals surface area (Å²) in [6, 6.07) is 10.9. The van der Waals surface area contributed by atoms with Crippen molar-refractivity contribution < 1.29 is 9.13 Å². The Labute approximate surface area is 118 Å². The fourth-order valence-electron chi connectivity index (χ4n) is 1.80. The van der Waals surface area contributed by atoms with E-state index >= 15 is 0 Å². The van der Waals surface area contributed by atoms with Gasteiger partial charge in [-0.1, -0.05) is 32.0 Å². The van der Waals surface area contributed by atoms with Crippen molar-refractivity contribution in [1.82, 2.24) is 10.3 Å². The quantitative estimate of drug-likeness (QED) is 0.877. The highest BCUT2D eigenvalue weighted by Gasteiger charge is 2.10. The van der Waals surface area contributed by atoms with Gasteiger partial charge in [0, 0.05) is 24.3 Å². The van der Waals surface area contributed by atoms with Crippen LogP contribution in [0.15, 0.2) is 42.6 Å². The van der Waals surface area contributed by atoms with E-state index in [-0.39, 0.29) is 12.4 Å². The van der Waals surface area contributed by atoms with E-state index < -0.39 is 0 Å². The number of nitrogens with one attached hydrogen (secondary N) is 1. The van der Waals surface area contributed by atoms with Crippen molar-refractivity contribution in [2.45, 2.75) is 33.0 Å². The molecular formula is C16H19FN2O. The predicted octanol–water partition coefficient (Wildman–Crippen LogP) is 3.30. The molecule has 0 radical (unpaired) electrons. The number of pyridine rings is 1. The van der Waals surface area contributed by atoms with Gasteiger partial charge in [0.2, 0.25) is 0 Å². The number of ether oxygens (including phenoxy) is 1. The smallest absolute Gasteiger partial charge is 0.165 e. The summed E-state index contributed by atoms with van der Waals surface area (Å²) in [7, 11) is 0. The van der Waals surface area contributed by atoms with Gasteiger partial charge in [0.15, 0.2) is 11.6 Å². The Bertz CT molecular complexity index is 543. The first-order chi connectivity index (χ1) is 9.66. The van der Waals surface area contributed by atoms with Crippen molar-refractivity contribution in [3.05, 3.63) is 59.7 Å². The first-order valence-electron chi connectivity index (χ1n) is 6.70. The van der Waals surface area contributed by atoms with Gasteiger partial charge < -0.3 is 10.1 Å². The van der Waals surface area contributed by atoms with E-state index in [2.05, 4.69) is 10.3 Å². The molecule has 1 aromatic heterocycles. The molecule has 0 aliphatic carbocycles. The lowest BCUT2D eigenvalue weighted by Crippen LogP contribution is -2.22. The van der Waals surface area contributed by atoms with E-state index in [9.17, 15) is 4.39 Å². The molecule has 3 nitrogen and oxygen atoms in total. The average molecular weight is 274 g/mol. The van der Waals surface area contributed by atoms with Crippen LogP contribution in [-0.2, 0) is 13.2 Å². The molecule has 0 bridgehead atoms. The van der Waals surface area contributed by atoms with Crippen LogP contribution in [0.4, 0.5) is 4.39 Å². The Hall–Kier alpha value is -1.94. The van der Waals surface area contributed by atoms with Crippen LogP contribution in [0, 0.1) is 5.82 Å². The van der Waals surface area contributed by atoms with E-state index in [0.717, 1.165) is 11.3 Å². The molecule has 4 heteroatoms. The number of rotatable bonds is 6. The van der Waals surface area contributed by atoms with Gasteiger partial charge in [0.05, 0.1) is 5.69 Å². The summed E-state index contributed by atoms with van der Waals surface area (Å²) < 4.78 is 19.5. The molecule has 20 heavy (non-hydrogen) atoms. The molecular weight excluding hydrogens is 255 g/mol. The van der Waals surface area contributed by atoms with Crippen LogP contribution in [0.3, 0.4) is 0 Å². The van der Waals surface area contributed by atoms with Gasteiger partial charge >= 0.3 is 0 Å². The van der Waals surface area contributed by atoms with Gasteiger partial charge in [0.1, 0.15) is 6.61 Å². The maximum atomic E-state index is 13.9. The topological polar surface area (TPSA) is 34.1 Å². The van der Waals surface area contributed by atoms with Crippen LogP contribution in [0.5, 0.6) is 5.75 Å². The third-order valence-electron chi connectivity index (χ3n) is 2.84. The number of aromatic nitrogens is 1. The molecule has 1 aromatic carbocycles. The monoisotopic (exact) mass is 274 g/mol. The second kappa shape index (κ2) is 7.01. The fourth-order valence-corrected chi connectivity index (χ4v) is 1.80. The van der Waals surface area contributed by atoms with Crippen LogP contribution in [0.25, 0.3) is 0 Å². The SMILES string of the molecule is CC(C)NCc1cccc(F)c1OCc1ccccn1. The zero-order valence-electron chi connectivity index (χ0n) is 11.8. The molecule has 0 amide bonds. The molecule has 1 heterocycles. The van der Waals surface area contributed by atoms with Crippen molar-refractivity contribution >= 4 is 0 Å². The molecule has 0 aliphatic heterocycles. The molecule has 0 spiro atoms. The number of benzene rings is 1. The largest absolute Gasteiger partial charge is 0.484 e. The molecule has 0 atom stereocenters. The number of halogens is 1. The summed E-state index contributed by atoms with van der Waals surface area (Å²) in [5, 5.41) is 3.27. The average Bonchev–Trinajstić information content (AvgIpc) is 2.45. The maximum Gasteiger partial charge on any atom is 0.165 e. The highest BCUT2D eigenvalue weighted by Crippen LogP contribution is 2.23. The second-order valence-corrected chi connectivity index (χ2v) is 4.87. The minimum absolute atomic E-state index is 0.260. The highest BCUT2D eigenvalue weighted by molar-refractivity contribution is 5.35. The molecule has 0 aliphatic rings. The standard InChI is InChI=1S/C16H19FN2O/c1-12(2)19-10-13-6-5-8-15(17)16(13)20-11-14-7-3-4-9-18-14/h3-9,12,19H,10-11H2,1-2H3. The second-order valence-electron chi connectivity index (χ2n) is 4.87. The summed E-state index contributed by atoms with van der Waals surface area (Å²) in [5.74, 6) is -0.0460. The zero-order chi connectivity index (χ0) is 14.4. The normalized spacial score (nSPS) is 10.8. The Morgan fingerprint density at radius 3 is 2.75 bits per heavy atom. The lowest BCUT2D eigenvalue weighted by molar-refractivity contribution is 0.281. The Balaban J connectivity index is 2.09. The van der Waals surface area contributed by atoms with E-state index in [4.69, 9.17) is 4.74 Å². The summed E-state index contributed by atoms with van der Waals surface area (Å²) in [6.07, 6.45) is 1.70. The van der Waals surface area contributed by atoms with Crippen LogP contribution < -0.4 is 10.1 Å². The molecule has 0 saturated heterocycles. The van der Waals surface area contributed by atoms with Crippen LogP contribution >= 0.6 is 0 Å². The van der Waals surface area contributed by atoms with Crippen molar-refractivity contribution in [2.24, 2.45) is 0 Å². The van der Waals surface area contributed by atoms with Crippen molar-refractivity contribution in [1.29, 1.82) is 0 Å².